The molecule has 1 aliphatic carbocycles. The van der Waals surface area contributed by atoms with Crippen LogP contribution in [0.3, 0.4) is 0 Å². The number of halogens is 1. The number of nitrogens with zero attached hydrogens (tertiary/aromatic N) is 1. The Labute approximate surface area is 165 Å². The fraction of sp³-hybridized carbons (Fsp3) is 0.364. The third-order valence-electron chi connectivity index (χ3n) is 5.00. The van der Waals surface area contributed by atoms with Crippen LogP contribution in [0.15, 0.2) is 42.5 Å². The second-order valence-electron chi connectivity index (χ2n) is 6.87. The first-order valence-electron chi connectivity index (χ1n) is 9.35. The SMILES string of the molecule is CCc1ccc(C(=O)N[C@H]2CC[C@H](Oc3ccc(C#N)c(Cl)c3)CC2)cc1. The number of aryl methyl sites for hydroxylation is 1. The number of hydrogen-bond donors (Lipinski definition) is 1. The highest BCUT2D eigenvalue weighted by Gasteiger charge is 2.24. The first-order valence-corrected chi connectivity index (χ1v) is 9.73. The molecule has 0 heterocycles. The number of nitrogens with one attached hydrogen (secondary N) is 1. The molecule has 0 aliphatic heterocycles. The molecule has 0 saturated heterocycles. The molecule has 0 spiro atoms. The quantitative estimate of drug-likeness (QED) is 0.800. The van der Waals surface area contributed by atoms with Gasteiger partial charge in [0.05, 0.1) is 16.7 Å². The van der Waals surface area contributed by atoms with Crippen LogP contribution >= 0.6 is 11.6 Å². The molecule has 1 N–H and O–H groups in total. The fourth-order valence-corrected chi connectivity index (χ4v) is 3.55. The summed E-state index contributed by atoms with van der Waals surface area (Å²) in [6.07, 6.45) is 4.58. The topological polar surface area (TPSA) is 62.1 Å². The average molecular weight is 383 g/mol. The van der Waals surface area contributed by atoms with Crippen LogP contribution in [0.2, 0.25) is 5.02 Å². The lowest BCUT2D eigenvalue weighted by Gasteiger charge is -2.29. The molecule has 27 heavy (non-hydrogen) atoms. The Kier molecular flexibility index (Phi) is 6.36. The van der Waals surface area contributed by atoms with E-state index in [9.17, 15) is 4.79 Å². The summed E-state index contributed by atoms with van der Waals surface area (Å²) in [7, 11) is 0. The minimum atomic E-state index is -0.0131. The zero-order valence-electron chi connectivity index (χ0n) is 15.4. The van der Waals surface area contributed by atoms with Gasteiger partial charge in [0.25, 0.3) is 5.91 Å². The van der Waals surface area contributed by atoms with Crippen molar-refractivity contribution in [2.24, 2.45) is 0 Å². The van der Waals surface area contributed by atoms with Gasteiger partial charge in [-0.15, -0.1) is 0 Å². The minimum Gasteiger partial charge on any atom is -0.490 e. The summed E-state index contributed by atoms with van der Waals surface area (Å²) >= 11 is 6.05. The molecule has 4 nitrogen and oxygen atoms in total. The number of ether oxygens (including phenoxy) is 1. The highest BCUT2D eigenvalue weighted by Crippen LogP contribution is 2.27. The number of nitriles is 1. The largest absolute Gasteiger partial charge is 0.490 e. The molecule has 3 rings (SSSR count). The van der Waals surface area contributed by atoms with Crippen LogP contribution in [-0.4, -0.2) is 18.1 Å². The van der Waals surface area contributed by atoms with E-state index < -0.39 is 0 Å². The molecule has 2 aromatic carbocycles. The van der Waals surface area contributed by atoms with E-state index in [1.54, 1.807) is 18.2 Å². The number of rotatable bonds is 5. The van der Waals surface area contributed by atoms with E-state index in [-0.39, 0.29) is 18.1 Å². The number of carbonyl (C=O) groups excluding carboxylic acids is 1. The van der Waals surface area contributed by atoms with Crippen molar-refractivity contribution in [2.75, 3.05) is 0 Å². The number of hydrogen-bond acceptors (Lipinski definition) is 3. The summed E-state index contributed by atoms with van der Waals surface area (Å²) in [5.41, 5.74) is 2.38. The van der Waals surface area contributed by atoms with Crippen LogP contribution in [0.1, 0.15) is 54.1 Å². The highest BCUT2D eigenvalue weighted by molar-refractivity contribution is 6.31. The Balaban J connectivity index is 1.49. The van der Waals surface area contributed by atoms with Gasteiger partial charge in [-0.25, -0.2) is 0 Å². The average Bonchev–Trinajstić information content (AvgIpc) is 2.69. The summed E-state index contributed by atoms with van der Waals surface area (Å²) in [4.78, 5) is 12.4. The molecule has 0 bridgehead atoms. The standard InChI is InChI=1S/C22H23ClN2O2/c1-2-15-3-5-16(6-4-15)22(26)25-18-8-11-19(12-9-18)27-20-10-7-17(14-24)21(23)13-20/h3-7,10,13,18-19H,2,8-9,11-12H2,1H3,(H,25,26)/t18-,19-. The molecule has 0 unspecified atom stereocenters. The number of benzene rings is 2. The van der Waals surface area contributed by atoms with Crippen LogP contribution < -0.4 is 10.1 Å². The molecule has 1 saturated carbocycles. The van der Waals surface area contributed by atoms with Crippen molar-refractivity contribution >= 4 is 17.5 Å². The van der Waals surface area contributed by atoms with Crippen molar-refractivity contribution < 1.29 is 9.53 Å². The molecule has 2 aromatic rings. The Morgan fingerprint density at radius 1 is 1.19 bits per heavy atom. The maximum atomic E-state index is 12.4. The van der Waals surface area contributed by atoms with Crippen LogP contribution in [-0.2, 0) is 6.42 Å². The van der Waals surface area contributed by atoms with Crippen LogP contribution in [0, 0.1) is 11.3 Å². The molecular weight excluding hydrogens is 360 g/mol. The first kappa shape index (κ1) is 19.3. The smallest absolute Gasteiger partial charge is 0.251 e. The minimum absolute atomic E-state index is 0.0131. The number of carbonyl (C=O) groups is 1. The summed E-state index contributed by atoms with van der Waals surface area (Å²) in [6.45, 7) is 2.10. The first-order chi connectivity index (χ1) is 13.1. The lowest BCUT2D eigenvalue weighted by Crippen LogP contribution is -2.39. The maximum Gasteiger partial charge on any atom is 0.251 e. The second kappa shape index (κ2) is 8.92. The second-order valence-corrected chi connectivity index (χ2v) is 7.28. The van der Waals surface area contributed by atoms with E-state index in [1.807, 2.05) is 30.3 Å². The van der Waals surface area contributed by atoms with Crippen molar-refractivity contribution in [1.29, 1.82) is 5.26 Å². The van der Waals surface area contributed by atoms with Crippen molar-refractivity contribution in [3.63, 3.8) is 0 Å². The Morgan fingerprint density at radius 2 is 1.89 bits per heavy atom. The summed E-state index contributed by atoms with van der Waals surface area (Å²) in [6, 6.07) is 15.1. The molecule has 1 fully saturated rings. The van der Waals surface area contributed by atoms with Gasteiger partial charge in [0.2, 0.25) is 0 Å². The van der Waals surface area contributed by atoms with E-state index in [0.717, 1.165) is 32.1 Å². The zero-order chi connectivity index (χ0) is 19.2. The summed E-state index contributed by atoms with van der Waals surface area (Å²) in [5, 5.41) is 12.5. The third-order valence-corrected chi connectivity index (χ3v) is 5.31. The Bertz CT molecular complexity index is 834. The molecule has 0 aromatic heterocycles. The van der Waals surface area contributed by atoms with E-state index in [0.29, 0.717) is 21.9 Å². The molecule has 0 atom stereocenters. The van der Waals surface area contributed by atoms with Gasteiger partial charge in [0.15, 0.2) is 0 Å². The van der Waals surface area contributed by atoms with Gasteiger partial charge < -0.3 is 10.1 Å². The third kappa shape index (κ3) is 5.02. The predicted molar refractivity (Wildman–Crippen MR) is 106 cm³/mol. The molecule has 0 radical (unpaired) electrons. The monoisotopic (exact) mass is 382 g/mol. The lowest BCUT2D eigenvalue weighted by atomic mass is 9.92. The van der Waals surface area contributed by atoms with Gasteiger partial charge in [0, 0.05) is 17.7 Å². The van der Waals surface area contributed by atoms with Crippen LogP contribution in [0.25, 0.3) is 0 Å². The molecular formula is C22H23ClN2O2. The van der Waals surface area contributed by atoms with E-state index in [2.05, 4.69) is 12.2 Å². The summed E-state index contributed by atoms with van der Waals surface area (Å²) in [5.74, 6) is 0.670. The van der Waals surface area contributed by atoms with Crippen molar-refractivity contribution in [3.05, 3.63) is 64.2 Å². The Hall–Kier alpha value is -2.51. The molecule has 1 aliphatic rings. The fourth-order valence-electron chi connectivity index (χ4n) is 3.34. The van der Waals surface area contributed by atoms with Crippen LogP contribution in [0.5, 0.6) is 5.75 Å². The molecule has 1 amide bonds. The van der Waals surface area contributed by atoms with Gasteiger partial charge in [-0.2, -0.15) is 5.26 Å². The predicted octanol–water partition coefficient (Wildman–Crippen LogP) is 4.89. The van der Waals surface area contributed by atoms with Gasteiger partial charge in [-0.3, -0.25) is 4.79 Å². The van der Waals surface area contributed by atoms with Gasteiger partial charge in [-0.1, -0.05) is 30.7 Å². The summed E-state index contributed by atoms with van der Waals surface area (Å²) < 4.78 is 5.99. The van der Waals surface area contributed by atoms with Crippen LogP contribution in [0.4, 0.5) is 0 Å². The highest BCUT2D eigenvalue weighted by atomic mass is 35.5. The van der Waals surface area contributed by atoms with Gasteiger partial charge in [-0.05, 0) is 61.9 Å². The normalized spacial score (nSPS) is 19.1. The van der Waals surface area contributed by atoms with Crippen molar-refractivity contribution in [2.45, 2.75) is 51.2 Å². The Morgan fingerprint density at radius 3 is 2.48 bits per heavy atom. The van der Waals surface area contributed by atoms with Crippen molar-refractivity contribution in [1.82, 2.24) is 5.32 Å². The zero-order valence-corrected chi connectivity index (χ0v) is 16.1. The van der Waals surface area contributed by atoms with Crippen molar-refractivity contribution in [3.8, 4) is 11.8 Å². The lowest BCUT2D eigenvalue weighted by molar-refractivity contribution is 0.0894. The number of amides is 1. The van der Waals surface area contributed by atoms with E-state index >= 15 is 0 Å². The van der Waals surface area contributed by atoms with E-state index in [4.69, 9.17) is 21.6 Å². The van der Waals surface area contributed by atoms with Gasteiger partial charge >= 0.3 is 0 Å². The van der Waals surface area contributed by atoms with Gasteiger partial charge in [0.1, 0.15) is 11.8 Å². The van der Waals surface area contributed by atoms with E-state index in [1.165, 1.54) is 5.56 Å². The maximum absolute atomic E-state index is 12.4. The molecule has 5 heteroatoms. The molecule has 140 valence electrons.